The zero-order chi connectivity index (χ0) is 17.4. The van der Waals surface area contributed by atoms with E-state index in [1.807, 2.05) is 62.4 Å². The lowest BCUT2D eigenvalue weighted by Gasteiger charge is -2.07. The number of aryl methyl sites for hydroxylation is 2. The predicted octanol–water partition coefficient (Wildman–Crippen LogP) is 4.44. The van der Waals surface area contributed by atoms with Gasteiger partial charge < -0.3 is 10.6 Å². The van der Waals surface area contributed by atoms with Gasteiger partial charge in [-0.2, -0.15) is 0 Å². The van der Waals surface area contributed by atoms with Crippen molar-refractivity contribution in [1.82, 2.24) is 0 Å². The molecule has 0 aliphatic heterocycles. The van der Waals surface area contributed by atoms with Gasteiger partial charge in [0.15, 0.2) is 0 Å². The summed E-state index contributed by atoms with van der Waals surface area (Å²) in [5, 5.41) is 5.73. The van der Waals surface area contributed by atoms with Gasteiger partial charge in [-0.3, -0.25) is 9.59 Å². The summed E-state index contributed by atoms with van der Waals surface area (Å²) in [6.45, 7) is 4.01. The Morgan fingerprint density at radius 2 is 1.00 bits per heavy atom. The van der Waals surface area contributed by atoms with Crippen LogP contribution in [0.2, 0.25) is 0 Å². The Labute approximate surface area is 143 Å². The van der Waals surface area contributed by atoms with E-state index in [1.165, 1.54) is 0 Å². The minimum Gasteiger partial charge on any atom is -0.326 e. The summed E-state index contributed by atoms with van der Waals surface area (Å²) < 4.78 is 0. The zero-order valence-corrected chi connectivity index (χ0v) is 14.3. The molecule has 0 aromatic heterocycles. The topological polar surface area (TPSA) is 58.2 Å². The number of carbonyl (C=O) groups is 2. The van der Waals surface area contributed by atoms with Gasteiger partial charge in [-0.15, -0.1) is 0 Å². The molecular weight excluding hydrogens is 300 g/mol. The predicted molar refractivity (Wildman–Crippen MR) is 98.1 cm³/mol. The summed E-state index contributed by atoms with van der Waals surface area (Å²) in [5.74, 6) is -0.0319. The fourth-order valence-electron chi connectivity index (χ4n) is 2.29. The normalized spacial score (nSPS) is 10.2. The van der Waals surface area contributed by atoms with Crippen LogP contribution in [0.5, 0.6) is 0 Å². The highest BCUT2D eigenvalue weighted by Crippen LogP contribution is 2.12. The Hall–Kier alpha value is -2.62. The molecule has 2 aromatic carbocycles. The average molecular weight is 324 g/mol. The summed E-state index contributed by atoms with van der Waals surface area (Å²) in [5.41, 5.74) is 3.94. The first kappa shape index (κ1) is 17.7. The van der Waals surface area contributed by atoms with E-state index in [-0.39, 0.29) is 11.8 Å². The van der Waals surface area contributed by atoms with Crippen molar-refractivity contribution in [1.29, 1.82) is 0 Å². The number of carbonyl (C=O) groups excluding carboxylic acids is 2. The molecule has 24 heavy (non-hydrogen) atoms. The third-order valence-corrected chi connectivity index (χ3v) is 3.73. The second-order valence-corrected chi connectivity index (χ2v) is 6.04. The number of hydrogen-bond donors (Lipinski definition) is 2. The molecule has 0 fully saturated rings. The van der Waals surface area contributed by atoms with Crippen LogP contribution in [0.15, 0.2) is 48.5 Å². The molecule has 0 unspecified atom stereocenters. The van der Waals surface area contributed by atoms with E-state index in [4.69, 9.17) is 0 Å². The molecule has 0 atom stereocenters. The number of hydrogen-bond acceptors (Lipinski definition) is 2. The van der Waals surface area contributed by atoms with Crippen LogP contribution in [0, 0.1) is 13.8 Å². The van der Waals surface area contributed by atoms with Crippen molar-refractivity contribution in [3.63, 3.8) is 0 Å². The lowest BCUT2D eigenvalue weighted by molar-refractivity contribution is -0.118. The van der Waals surface area contributed by atoms with Gasteiger partial charge in [0.2, 0.25) is 11.8 Å². The smallest absolute Gasteiger partial charge is 0.224 e. The molecule has 0 aliphatic carbocycles. The molecule has 2 N–H and O–H groups in total. The van der Waals surface area contributed by atoms with Crippen molar-refractivity contribution >= 4 is 23.2 Å². The molecule has 4 heteroatoms. The van der Waals surface area contributed by atoms with Crippen LogP contribution in [0.3, 0.4) is 0 Å². The van der Waals surface area contributed by atoms with Gasteiger partial charge in [-0.05, 0) is 51.0 Å². The second-order valence-electron chi connectivity index (χ2n) is 6.04. The minimum atomic E-state index is -0.0159. The quantitative estimate of drug-likeness (QED) is 0.740. The van der Waals surface area contributed by atoms with Crippen LogP contribution in [-0.4, -0.2) is 11.8 Å². The van der Waals surface area contributed by atoms with E-state index in [1.54, 1.807) is 0 Å². The Balaban J connectivity index is 1.63. The Morgan fingerprint density at radius 1 is 0.667 bits per heavy atom. The van der Waals surface area contributed by atoms with Gasteiger partial charge in [-0.1, -0.05) is 35.4 Å². The molecule has 0 aliphatic rings. The zero-order valence-electron chi connectivity index (χ0n) is 14.3. The van der Waals surface area contributed by atoms with Crippen LogP contribution in [-0.2, 0) is 9.59 Å². The van der Waals surface area contributed by atoms with Crippen molar-refractivity contribution < 1.29 is 9.59 Å². The van der Waals surface area contributed by atoms with Gasteiger partial charge in [0, 0.05) is 24.2 Å². The molecule has 2 amide bonds. The fourth-order valence-corrected chi connectivity index (χ4v) is 2.29. The van der Waals surface area contributed by atoms with Crippen LogP contribution in [0.1, 0.15) is 36.8 Å². The summed E-state index contributed by atoms with van der Waals surface area (Å²) in [6.07, 6.45) is 2.23. The van der Waals surface area contributed by atoms with Crippen molar-refractivity contribution in [3.05, 3.63) is 59.7 Å². The standard InChI is InChI=1S/C20H24N2O2/c1-15-7-11-17(12-8-15)21-19(23)5-3-4-6-20(24)22-18-13-9-16(2)10-14-18/h7-14H,3-6H2,1-2H3,(H,21,23)(H,22,24). The molecule has 0 heterocycles. The highest BCUT2D eigenvalue weighted by atomic mass is 16.2. The molecule has 0 bridgehead atoms. The summed E-state index contributed by atoms with van der Waals surface area (Å²) in [6, 6.07) is 15.4. The van der Waals surface area contributed by atoms with Crippen molar-refractivity contribution in [2.24, 2.45) is 0 Å². The van der Waals surface area contributed by atoms with E-state index in [2.05, 4.69) is 10.6 Å². The van der Waals surface area contributed by atoms with Gasteiger partial charge in [0.25, 0.3) is 0 Å². The summed E-state index contributed by atoms with van der Waals surface area (Å²) >= 11 is 0. The summed E-state index contributed by atoms with van der Waals surface area (Å²) in [4.78, 5) is 23.7. The molecule has 0 spiro atoms. The molecule has 4 nitrogen and oxygen atoms in total. The molecule has 2 rings (SSSR count). The number of unbranched alkanes of at least 4 members (excludes halogenated alkanes) is 1. The highest BCUT2D eigenvalue weighted by molar-refractivity contribution is 5.91. The highest BCUT2D eigenvalue weighted by Gasteiger charge is 2.05. The monoisotopic (exact) mass is 324 g/mol. The van der Waals surface area contributed by atoms with Gasteiger partial charge in [0.1, 0.15) is 0 Å². The summed E-state index contributed by atoms with van der Waals surface area (Å²) in [7, 11) is 0. The SMILES string of the molecule is Cc1ccc(NC(=O)CCCCC(=O)Nc2ccc(C)cc2)cc1. The van der Waals surface area contributed by atoms with Crippen molar-refractivity contribution in [3.8, 4) is 0 Å². The first-order valence-corrected chi connectivity index (χ1v) is 8.26. The number of nitrogens with one attached hydrogen (secondary N) is 2. The van der Waals surface area contributed by atoms with Crippen LogP contribution >= 0.6 is 0 Å². The van der Waals surface area contributed by atoms with Crippen LogP contribution < -0.4 is 10.6 Å². The average Bonchev–Trinajstić information content (AvgIpc) is 2.56. The van der Waals surface area contributed by atoms with E-state index in [9.17, 15) is 9.59 Å². The molecule has 2 aromatic rings. The third kappa shape index (κ3) is 6.24. The van der Waals surface area contributed by atoms with E-state index >= 15 is 0 Å². The maximum absolute atomic E-state index is 11.9. The molecule has 126 valence electrons. The second kappa shape index (κ2) is 8.87. The van der Waals surface area contributed by atoms with Crippen LogP contribution in [0.25, 0.3) is 0 Å². The maximum atomic E-state index is 11.9. The number of benzene rings is 2. The van der Waals surface area contributed by atoms with E-state index in [0.717, 1.165) is 22.5 Å². The number of anilines is 2. The molecule has 0 saturated carbocycles. The first-order valence-electron chi connectivity index (χ1n) is 8.26. The molecule has 0 radical (unpaired) electrons. The molecular formula is C20H24N2O2. The number of amides is 2. The lowest BCUT2D eigenvalue weighted by atomic mass is 10.1. The minimum absolute atomic E-state index is 0.0159. The van der Waals surface area contributed by atoms with E-state index < -0.39 is 0 Å². The first-order chi connectivity index (χ1) is 11.5. The van der Waals surface area contributed by atoms with Crippen LogP contribution in [0.4, 0.5) is 11.4 Å². The largest absolute Gasteiger partial charge is 0.326 e. The Morgan fingerprint density at radius 3 is 1.33 bits per heavy atom. The van der Waals surface area contributed by atoms with E-state index in [0.29, 0.717) is 25.7 Å². The van der Waals surface area contributed by atoms with Gasteiger partial charge in [0.05, 0.1) is 0 Å². The van der Waals surface area contributed by atoms with Crippen molar-refractivity contribution in [2.75, 3.05) is 10.6 Å². The lowest BCUT2D eigenvalue weighted by Crippen LogP contribution is -2.13. The van der Waals surface area contributed by atoms with Crippen molar-refractivity contribution in [2.45, 2.75) is 39.5 Å². The fraction of sp³-hybridized carbons (Fsp3) is 0.300. The number of rotatable bonds is 7. The van der Waals surface area contributed by atoms with Gasteiger partial charge >= 0.3 is 0 Å². The Kier molecular flexibility index (Phi) is 6.55. The Bertz CT molecular complexity index is 614. The van der Waals surface area contributed by atoms with Gasteiger partial charge in [-0.25, -0.2) is 0 Å². The third-order valence-electron chi connectivity index (χ3n) is 3.73. The maximum Gasteiger partial charge on any atom is 0.224 e. The molecule has 0 saturated heterocycles.